The van der Waals surface area contributed by atoms with Crippen LogP contribution in [0.4, 0.5) is 0 Å². The Balaban J connectivity index is 0.000000640. The van der Waals surface area contributed by atoms with Crippen LogP contribution in [0.25, 0.3) is 0 Å². The highest BCUT2D eigenvalue weighted by molar-refractivity contribution is 9.10. The molecule has 1 rings (SSSR count). The lowest BCUT2D eigenvalue weighted by Gasteiger charge is -1.90. The molecule has 0 heterocycles. The molecule has 1 nitrogen and oxygen atoms in total. The van der Waals surface area contributed by atoms with Gasteiger partial charge in [-0.3, -0.25) is 0 Å². The van der Waals surface area contributed by atoms with Gasteiger partial charge in [-0.1, -0.05) is 19.6 Å². The summed E-state index contributed by atoms with van der Waals surface area (Å²) >= 11 is 3.15. The summed E-state index contributed by atoms with van der Waals surface area (Å²) in [7, 11) is 0. The molecule has 1 aromatic carbocycles. The summed E-state index contributed by atoms with van der Waals surface area (Å²) in [4.78, 5) is 0. The lowest BCUT2D eigenvalue weighted by Crippen LogP contribution is -1.63. The first-order valence-corrected chi connectivity index (χ1v) is 3.03. The van der Waals surface area contributed by atoms with Crippen LogP contribution in [0.5, 0.6) is 5.75 Å². The number of aromatic hydroxyl groups is 1. The Morgan fingerprint density at radius 3 is 2.11 bits per heavy atom. The van der Waals surface area contributed by atoms with Crippen LogP contribution in [0.1, 0.15) is 0 Å². The fraction of sp³-hybridized carbons (Fsp3) is 0. The molecule has 0 bridgehead atoms. The van der Waals surface area contributed by atoms with Crippen molar-refractivity contribution in [2.24, 2.45) is 0 Å². The maximum Gasteiger partial charge on any atom is 0.129 e. The summed E-state index contributed by atoms with van der Waals surface area (Å²) in [5.41, 5.74) is 0. The fourth-order valence-electron chi connectivity index (χ4n) is 0.452. The Morgan fingerprint density at radius 1 is 1.22 bits per heavy atom. The summed E-state index contributed by atoms with van der Waals surface area (Å²) in [5.74, 6) is 0.285. The second-order valence-corrected chi connectivity index (χ2v) is 2.31. The first-order chi connectivity index (χ1) is 3.80. The molecule has 49 valence electrons. The van der Waals surface area contributed by atoms with Crippen molar-refractivity contribution in [1.82, 2.24) is 0 Å². The number of hydrogen-bond donors (Lipinski definition) is 1. The standard InChI is InChI=1S/C6H5BrO.CH3/c7-5-3-1-2-4-6(5)8;/h1-4,8H;1H3. The molecule has 0 amide bonds. The Hall–Kier alpha value is -0.500. The number of rotatable bonds is 0. The molecular weight excluding hydrogens is 180 g/mol. The lowest BCUT2D eigenvalue weighted by molar-refractivity contribution is 0.472. The average Bonchev–Trinajstić information content (AvgIpc) is 1.77. The first-order valence-electron chi connectivity index (χ1n) is 2.24. The predicted molar refractivity (Wildman–Crippen MR) is 42.2 cm³/mol. The van der Waals surface area contributed by atoms with Gasteiger partial charge in [0.15, 0.2) is 0 Å². The molecule has 1 aromatic rings. The maximum atomic E-state index is 8.87. The third kappa shape index (κ3) is 2.06. The maximum absolute atomic E-state index is 8.87. The smallest absolute Gasteiger partial charge is 0.129 e. The summed E-state index contributed by atoms with van der Waals surface area (Å²) in [6, 6.07) is 7.04. The number of benzene rings is 1. The van der Waals surface area contributed by atoms with Gasteiger partial charge in [0.25, 0.3) is 0 Å². The molecule has 0 saturated carbocycles. The van der Waals surface area contributed by atoms with E-state index in [-0.39, 0.29) is 13.2 Å². The van der Waals surface area contributed by atoms with Gasteiger partial charge in [0.05, 0.1) is 4.47 Å². The molecule has 9 heavy (non-hydrogen) atoms. The summed E-state index contributed by atoms with van der Waals surface area (Å²) < 4.78 is 0.736. The highest BCUT2D eigenvalue weighted by Crippen LogP contribution is 2.21. The van der Waals surface area contributed by atoms with E-state index in [1.165, 1.54) is 0 Å². The molecule has 0 aliphatic rings. The van der Waals surface area contributed by atoms with Crippen molar-refractivity contribution >= 4 is 15.9 Å². The minimum absolute atomic E-state index is 0. The number of phenolic OH excluding ortho intramolecular Hbond substituents is 1. The normalized spacial score (nSPS) is 8.11. The monoisotopic (exact) mass is 187 g/mol. The second-order valence-electron chi connectivity index (χ2n) is 1.45. The highest BCUT2D eigenvalue weighted by atomic mass is 79.9. The van der Waals surface area contributed by atoms with Crippen LogP contribution >= 0.6 is 15.9 Å². The van der Waals surface area contributed by atoms with E-state index in [9.17, 15) is 0 Å². The van der Waals surface area contributed by atoms with Crippen molar-refractivity contribution in [1.29, 1.82) is 0 Å². The van der Waals surface area contributed by atoms with E-state index in [1.807, 2.05) is 6.07 Å². The minimum atomic E-state index is 0. The van der Waals surface area contributed by atoms with Crippen LogP contribution in [0.15, 0.2) is 28.7 Å². The van der Waals surface area contributed by atoms with E-state index in [0.29, 0.717) is 0 Å². The molecule has 2 heteroatoms. The molecule has 0 fully saturated rings. The van der Waals surface area contributed by atoms with Crippen LogP contribution in [0.2, 0.25) is 0 Å². The molecule has 0 aromatic heterocycles. The molecule has 0 aliphatic heterocycles. The Labute approximate surface area is 63.5 Å². The zero-order valence-corrected chi connectivity index (χ0v) is 6.72. The van der Waals surface area contributed by atoms with Gasteiger partial charge in [-0.15, -0.1) is 0 Å². The molecule has 1 radical (unpaired) electrons. The van der Waals surface area contributed by atoms with Gasteiger partial charge in [0.1, 0.15) is 5.75 Å². The van der Waals surface area contributed by atoms with E-state index in [0.717, 1.165) is 4.47 Å². The van der Waals surface area contributed by atoms with Gasteiger partial charge >= 0.3 is 0 Å². The van der Waals surface area contributed by atoms with Crippen LogP contribution in [0, 0.1) is 7.43 Å². The quantitative estimate of drug-likeness (QED) is 0.663. The van der Waals surface area contributed by atoms with Gasteiger partial charge < -0.3 is 5.11 Å². The van der Waals surface area contributed by atoms with E-state index in [1.54, 1.807) is 18.2 Å². The summed E-state index contributed by atoms with van der Waals surface area (Å²) in [6.45, 7) is 0. The number of phenols is 1. The van der Waals surface area contributed by atoms with Crippen molar-refractivity contribution in [3.8, 4) is 5.75 Å². The second kappa shape index (κ2) is 3.51. The van der Waals surface area contributed by atoms with Crippen LogP contribution in [-0.4, -0.2) is 5.11 Å². The Kier molecular flexibility index (Phi) is 3.32. The molecule has 0 saturated heterocycles. The van der Waals surface area contributed by atoms with Crippen LogP contribution < -0.4 is 0 Å². The van der Waals surface area contributed by atoms with Crippen molar-refractivity contribution in [2.45, 2.75) is 0 Å². The minimum Gasteiger partial charge on any atom is -0.507 e. The zero-order valence-electron chi connectivity index (χ0n) is 5.13. The van der Waals surface area contributed by atoms with E-state index < -0.39 is 0 Å². The van der Waals surface area contributed by atoms with Gasteiger partial charge in [-0.25, -0.2) is 0 Å². The van der Waals surface area contributed by atoms with Crippen LogP contribution in [0.3, 0.4) is 0 Å². The number of halogens is 1. The van der Waals surface area contributed by atoms with E-state index in [2.05, 4.69) is 15.9 Å². The van der Waals surface area contributed by atoms with E-state index >= 15 is 0 Å². The third-order valence-corrected chi connectivity index (χ3v) is 1.52. The Bertz CT molecular complexity index is 165. The number of para-hydroxylation sites is 1. The summed E-state index contributed by atoms with van der Waals surface area (Å²) in [5, 5.41) is 8.87. The molecule has 0 atom stereocenters. The zero-order chi connectivity index (χ0) is 5.98. The predicted octanol–water partition coefficient (Wildman–Crippen LogP) is 2.60. The average molecular weight is 188 g/mol. The van der Waals surface area contributed by atoms with Crippen molar-refractivity contribution in [3.63, 3.8) is 0 Å². The van der Waals surface area contributed by atoms with Crippen molar-refractivity contribution in [3.05, 3.63) is 36.2 Å². The van der Waals surface area contributed by atoms with E-state index in [4.69, 9.17) is 5.11 Å². The Morgan fingerprint density at radius 2 is 1.78 bits per heavy atom. The number of hydrogen-bond acceptors (Lipinski definition) is 1. The third-order valence-electron chi connectivity index (χ3n) is 0.852. The van der Waals surface area contributed by atoms with Gasteiger partial charge in [-0.2, -0.15) is 0 Å². The molecular formula is C7H8BrO. The largest absolute Gasteiger partial charge is 0.507 e. The van der Waals surface area contributed by atoms with Gasteiger partial charge in [0, 0.05) is 0 Å². The topological polar surface area (TPSA) is 20.2 Å². The van der Waals surface area contributed by atoms with Crippen molar-refractivity contribution < 1.29 is 5.11 Å². The molecule has 1 N–H and O–H groups in total. The highest BCUT2D eigenvalue weighted by Gasteiger charge is 1.89. The van der Waals surface area contributed by atoms with Crippen molar-refractivity contribution in [2.75, 3.05) is 0 Å². The lowest BCUT2D eigenvalue weighted by atomic mass is 10.3. The SMILES string of the molecule is Oc1ccccc1Br.[CH3]. The summed E-state index contributed by atoms with van der Waals surface area (Å²) in [6.07, 6.45) is 0. The fourth-order valence-corrected chi connectivity index (χ4v) is 0.737. The first kappa shape index (κ1) is 8.50. The molecule has 0 aliphatic carbocycles. The molecule has 0 spiro atoms. The molecule has 0 unspecified atom stereocenters. The van der Waals surface area contributed by atoms with Gasteiger partial charge in [0.2, 0.25) is 0 Å². The van der Waals surface area contributed by atoms with Crippen LogP contribution in [-0.2, 0) is 0 Å². The van der Waals surface area contributed by atoms with Gasteiger partial charge in [-0.05, 0) is 28.1 Å².